The van der Waals surface area contributed by atoms with Crippen LogP contribution in [0.2, 0.25) is 0 Å². The largest absolute Gasteiger partial charge is 0.384 e. The van der Waals surface area contributed by atoms with Crippen LogP contribution < -0.4 is 0 Å². The maximum atomic E-state index is 11.0. The third kappa shape index (κ3) is 6.37. The van der Waals surface area contributed by atoms with Gasteiger partial charge in [0.05, 0.1) is 13.0 Å². The molecule has 0 atom stereocenters. The van der Waals surface area contributed by atoms with Crippen LogP contribution in [0.4, 0.5) is 0 Å². The summed E-state index contributed by atoms with van der Waals surface area (Å²) in [4.78, 5) is 21.9. The van der Waals surface area contributed by atoms with E-state index < -0.39 is 0 Å². The van der Waals surface area contributed by atoms with E-state index in [0.717, 1.165) is 5.75 Å². The summed E-state index contributed by atoms with van der Waals surface area (Å²) in [5, 5.41) is -0.0430. The van der Waals surface area contributed by atoms with Crippen LogP contribution in [0.15, 0.2) is 0 Å². The Morgan fingerprint density at radius 2 is 2.08 bits per heavy atom. The van der Waals surface area contributed by atoms with Crippen molar-refractivity contribution < 1.29 is 14.3 Å². The summed E-state index contributed by atoms with van der Waals surface area (Å²) in [6, 6.07) is 0. The molecule has 0 aliphatic rings. The maximum absolute atomic E-state index is 11.0. The number of ketones is 1. The quantitative estimate of drug-likeness (QED) is 0.591. The third-order valence-corrected chi connectivity index (χ3v) is 1.99. The van der Waals surface area contributed by atoms with Gasteiger partial charge in [-0.1, -0.05) is 18.7 Å². The van der Waals surface area contributed by atoms with Gasteiger partial charge >= 0.3 is 0 Å². The molecule has 0 bridgehead atoms. The van der Waals surface area contributed by atoms with Gasteiger partial charge in [0.25, 0.3) is 0 Å². The minimum Gasteiger partial charge on any atom is -0.384 e. The fourth-order valence-corrected chi connectivity index (χ4v) is 1.26. The van der Waals surface area contributed by atoms with Crippen LogP contribution in [0, 0.1) is 0 Å². The Morgan fingerprint density at radius 1 is 1.42 bits per heavy atom. The Kier molecular flexibility index (Phi) is 7.09. The second kappa shape index (κ2) is 7.31. The van der Waals surface area contributed by atoms with Gasteiger partial charge < -0.3 is 4.74 Å². The molecular formula is C8H14O3S. The zero-order valence-corrected chi connectivity index (χ0v) is 8.28. The first kappa shape index (κ1) is 11.6. The molecule has 0 spiro atoms. The molecule has 0 heterocycles. The number of Topliss-reactive ketones (excluding diaryl/α,β-unsaturated/α-hetero) is 1. The zero-order valence-electron chi connectivity index (χ0n) is 7.46. The predicted octanol–water partition coefficient (Wildman–Crippen LogP) is 1.26. The predicted molar refractivity (Wildman–Crippen MR) is 49.3 cm³/mol. The van der Waals surface area contributed by atoms with Crippen LogP contribution >= 0.6 is 11.8 Å². The van der Waals surface area contributed by atoms with Gasteiger partial charge in [-0.05, 0) is 5.75 Å². The topological polar surface area (TPSA) is 43.4 Å². The van der Waals surface area contributed by atoms with Gasteiger partial charge in [0, 0.05) is 13.5 Å². The van der Waals surface area contributed by atoms with Crippen molar-refractivity contribution in [2.24, 2.45) is 0 Å². The van der Waals surface area contributed by atoms with E-state index in [-0.39, 0.29) is 17.3 Å². The zero-order chi connectivity index (χ0) is 9.40. The van der Waals surface area contributed by atoms with Gasteiger partial charge in [-0.25, -0.2) is 0 Å². The first-order chi connectivity index (χ1) is 5.70. The van der Waals surface area contributed by atoms with Gasteiger partial charge in [0.15, 0.2) is 5.12 Å². The molecule has 70 valence electrons. The third-order valence-electron chi connectivity index (χ3n) is 1.23. The molecule has 0 fully saturated rings. The van der Waals surface area contributed by atoms with E-state index in [1.165, 1.54) is 18.9 Å². The lowest BCUT2D eigenvalue weighted by Crippen LogP contribution is -2.07. The summed E-state index contributed by atoms with van der Waals surface area (Å²) >= 11 is 1.19. The van der Waals surface area contributed by atoms with Gasteiger partial charge in [-0.2, -0.15) is 0 Å². The summed E-state index contributed by atoms with van der Waals surface area (Å²) in [5.74, 6) is 0.693. The second-order valence-electron chi connectivity index (χ2n) is 2.26. The number of ether oxygens (including phenoxy) is 1. The van der Waals surface area contributed by atoms with Crippen molar-refractivity contribution in [1.29, 1.82) is 0 Å². The van der Waals surface area contributed by atoms with Crippen LogP contribution in [0.25, 0.3) is 0 Å². The molecular weight excluding hydrogens is 176 g/mol. The minimum absolute atomic E-state index is 0.0391. The number of carbonyl (C=O) groups excluding carboxylic acids is 2. The van der Waals surface area contributed by atoms with E-state index in [9.17, 15) is 9.59 Å². The highest BCUT2D eigenvalue weighted by atomic mass is 32.2. The average molecular weight is 190 g/mol. The molecule has 0 aromatic carbocycles. The molecule has 0 aliphatic heterocycles. The smallest absolute Gasteiger partial charge is 0.196 e. The summed E-state index contributed by atoms with van der Waals surface area (Å²) in [5.41, 5.74) is 0. The van der Waals surface area contributed by atoms with E-state index in [2.05, 4.69) is 0 Å². The van der Waals surface area contributed by atoms with Crippen molar-refractivity contribution >= 4 is 22.7 Å². The van der Waals surface area contributed by atoms with Gasteiger partial charge in [0.1, 0.15) is 5.78 Å². The molecule has 0 aromatic heterocycles. The lowest BCUT2D eigenvalue weighted by molar-refractivity contribution is -0.123. The van der Waals surface area contributed by atoms with Crippen LogP contribution in [-0.2, 0) is 14.3 Å². The van der Waals surface area contributed by atoms with Crippen molar-refractivity contribution in [3.05, 3.63) is 0 Å². The number of rotatable bonds is 6. The molecule has 12 heavy (non-hydrogen) atoms. The molecule has 0 saturated heterocycles. The van der Waals surface area contributed by atoms with E-state index in [4.69, 9.17) is 4.74 Å². The molecule has 0 N–H and O–H groups in total. The van der Waals surface area contributed by atoms with Gasteiger partial charge in [0.2, 0.25) is 0 Å². The van der Waals surface area contributed by atoms with E-state index >= 15 is 0 Å². The minimum atomic E-state index is -0.0430. The Hall–Kier alpha value is -0.350. The first-order valence-corrected chi connectivity index (χ1v) is 4.85. The van der Waals surface area contributed by atoms with Crippen LogP contribution in [-0.4, -0.2) is 30.4 Å². The molecule has 0 unspecified atom stereocenters. The van der Waals surface area contributed by atoms with E-state index in [1.54, 1.807) is 0 Å². The number of methoxy groups -OCH3 is 1. The second-order valence-corrected chi connectivity index (χ2v) is 3.58. The fraction of sp³-hybridized carbons (Fsp3) is 0.750. The number of carbonyl (C=O) groups is 2. The molecule has 0 amide bonds. The lowest BCUT2D eigenvalue weighted by Gasteiger charge is -1.97. The Balaban J connectivity index is 3.47. The lowest BCUT2D eigenvalue weighted by atomic mass is 10.2. The molecule has 0 rings (SSSR count). The highest BCUT2D eigenvalue weighted by molar-refractivity contribution is 8.13. The Labute approximate surface area is 76.9 Å². The summed E-state index contributed by atoms with van der Waals surface area (Å²) in [7, 11) is 1.54. The fourth-order valence-electron chi connectivity index (χ4n) is 0.677. The normalized spacial score (nSPS) is 9.83. The monoisotopic (exact) mass is 190 g/mol. The van der Waals surface area contributed by atoms with Gasteiger partial charge in [-0.15, -0.1) is 0 Å². The van der Waals surface area contributed by atoms with E-state index in [0.29, 0.717) is 13.0 Å². The summed E-state index contributed by atoms with van der Waals surface area (Å²) in [6.45, 7) is 2.30. The average Bonchev–Trinajstić information content (AvgIpc) is 2.01. The summed E-state index contributed by atoms with van der Waals surface area (Å²) in [6.07, 6.45) is 0.383. The molecule has 3 nitrogen and oxygen atoms in total. The Morgan fingerprint density at radius 3 is 2.58 bits per heavy atom. The van der Waals surface area contributed by atoms with Crippen LogP contribution in [0.5, 0.6) is 0 Å². The maximum Gasteiger partial charge on any atom is 0.196 e. The number of thioether (sulfide) groups is 1. The molecule has 0 radical (unpaired) electrons. The van der Waals surface area contributed by atoms with Crippen molar-refractivity contribution in [3.63, 3.8) is 0 Å². The molecule has 0 aliphatic carbocycles. The van der Waals surface area contributed by atoms with Crippen LogP contribution in [0.3, 0.4) is 0 Å². The molecule has 0 aromatic rings. The van der Waals surface area contributed by atoms with Crippen molar-refractivity contribution in [2.45, 2.75) is 19.8 Å². The van der Waals surface area contributed by atoms with E-state index in [1.807, 2.05) is 6.92 Å². The number of hydrogen-bond donors (Lipinski definition) is 0. The van der Waals surface area contributed by atoms with Gasteiger partial charge in [-0.3, -0.25) is 9.59 Å². The van der Waals surface area contributed by atoms with Crippen LogP contribution in [0.1, 0.15) is 19.8 Å². The first-order valence-electron chi connectivity index (χ1n) is 3.87. The van der Waals surface area contributed by atoms with Crippen molar-refractivity contribution in [1.82, 2.24) is 0 Å². The molecule has 4 heteroatoms. The standard InChI is InChI=1S/C8H14O3S/c1-3-12-8(10)6-7(9)4-5-11-2/h3-6H2,1-2H3. The highest BCUT2D eigenvalue weighted by Crippen LogP contribution is 2.05. The Bertz CT molecular complexity index is 156. The summed E-state index contributed by atoms with van der Waals surface area (Å²) < 4.78 is 4.72. The highest BCUT2D eigenvalue weighted by Gasteiger charge is 2.08. The van der Waals surface area contributed by atoms with Crippen molar-refractivity contribution in [3.8, 4) is 0 Å². The van der Waals surface area contributed by atoms with Crippen molar-refractivity contribution in [2.75, 3.05) is 19.5 Å². The molecule has 0 saturated carbocycles. The number of hydrogen-bond acceptors (Lipinski definition) is 4. The SMILES string of the molecule is CCSC(=O)CC(=O)CCOC.